The van der Waals surface area contributed by atoms with Gasteiger partial charge in [0, 0.05) is 13.5 Å². The van der Waals surface area contributed by atoms with E-state index >= 15 is 0 Å². The standard InChI is InChI=1S/C9H15N3O3/c1-6(13)10-5-3-4-9(2)7(14)11-8(15)12-9/h3-5H2,1-2H3,(H,10,13)(H2,11,12,14,15). The van der Waals surface area contributed by atoms with Crippen LogP contribution in [0, 0.1) is 0 Å². The van der Waals surface area contributed by atoms with Crippen LogP contribution in [0.2, 0.25) is 0 Å². The van der Waals surface area contributed by atoms with Crippen LogP contribution in [0.3, 0.4) is 0 Å². The zero-order valence-electron chi connectivity index (χ0n) is 8.85. The van der Waals surface area contributed by atoms with Crippen LogP contribution in [0.15, 0.2) is 0 Å². The van der Waals surface area contributed by atoms with E-state index in [9.17, 15) is 14.4 Å². The molecule has 0 saturated carbocycles. The summed E-state index contributed by atoms with van der Waals surface area (Å²) in [4.78, 5) is 32.8. The molecule has 1 heterocycles. The Labute approximate surface area is 87.8 Å². The highest BCUT2D eigenvalue weighted by atomic mass is 16.2. The van der Waals surface area contributed by atoms with E-state index in [-0.39, 0.29) is 11.8 Å². The largest absolute Gasteiger partial charge is 0.356 e. The maximum absolute atomic E-state index is 11.4. The average Bonchev–Trinajstić information content (AvgIpc) is 2.35. The van der Waals surface area contributed by atoms with Crippen LogP contribution >= 0.6 is 0 Å². The lowest BCUT2D eigenvalue weighted by atomic mass is 9.96. The number of nitrogens with one attached hydrogen (secondary N) is 3. The number of amides is 4. The molecule has 1 rings (SSSR count). The van der Waals surface area contributed by atoms with Gasteiger partial charge in [-0.15, -0.1) is 0 Å². The molecule has 1 saturated heterocycles. The van der Waals surface area contributed by atoms with E-state index in [1.807, 2.05) is 0 Å². The maximum Gasteiger partial charge on any atom is 0.322 e. The quantitative estimate of drug-likeness (QED) is 0.434. The van der Waals surface area contributed by atoms with Crippen LogP contribution in [0.1, 0.15) is 26.7 Å². The lowest BCUT2D eigenvalue weighted by Crippen LogP contribution is -2.44. The fourth-order valence-corrected chi connectivity index (χ4v) is 1.46. The maximum atomic E-state index is 11.4. The minimum Gasteiger partial charge on any atom is -0.356 e. The third-order valence-corrected chi connectivity index (χ3v) is 2.35. The molecule has 1 fully saturated rings. The highest BCUT2D eigenvalue weighted by Crippen LogP contribution is 2.15. The summed E-state index contributed by atoms with van der Waals surface area (Å²) in [5.74, 6) is -0.407. The Morgan fingerprint density at radius 1 is 1.47 bits per heavy atom. The van der Waals surface area contributed by atoms with Crippen LogP contribution in [-0.2, 0) is 9.59 Å². The third-order valence-electron chi connectivity index (χ3n) is 2.35. The molecule has 6 nitrogen and oxygen atoms in total. The van der Waals surface area contributed by atoms with Gasteiger partial charge < -0.3 is 10.6 Å². The minimum absolute atomic E-state index is 0.0972. The topological polar surface area (TPSA) is 87.3 Å². The number of carbonyl (C=O) groups is 3. The summed E-state index contributed by atoms with van der Waals surface area (Å²) in [6.07, 6.45) is 1.15. The lowest BCUT2D eigenvalue weighted by Gasteiger charge is -2.19. The molecule has 1 unspecified atom stereocenters. The van der Waals surface area contributed by atoms with Crippen LogP contribution in [0.4, 0.5) is 4.79 Å². The molecular weight excluding hydrogens is 198 g/mol. The first-order valence-corrected chi connectivity index (χ1v) is 4.82. The van der Waals surface area contributed by atoms with E-state index in [0.717, 1.165) is 0 Å². The summed E-state index contributed by atoms with van der Waals surface area (Å²) in [5.41, 5.74) is -0.838. The van der Waals surface area contributed by atoms with Crippen molar-refractivity contribution in [3.05, 3.63) is 0 Å². The van der Waals surface area contributed by atoms with Gasteiger partial charge in [-0.2, -0.15) is 0 Å². The lowest BCUT2D eigenvalue weighted by molar-refractivity contribution is -0.123. The fraction of sp³-hybridized carbons (Fsp3) is 0.667. The molecule has 15 heavy (non-hydrogen) atoms. The minimum atomic E-state index is -0.838. The zero-order valence-corrected chi connectivity index (χ0v) is 8.85. The molecule has 0 radical (unpaired) electrons. The van der Waals surface area contributed by atoms with E-state index in [1.165, 1.54) is 6.92 Å². The van der Waals surface area contributed by atoms with Crippen molar-refractivity contribution < 1.29 is 14.4 Å². The van der Waals surface area contributed by atoms with Gasteiger partial charge in [0.15, 0.2) is 0 Å². The molecule has 0 aromatic carbocycles. The first-order chi connectivity index (χ1) is 6.94. The van der Waals surface area contributed by atoms with Crippen molar-refractivity contribution in [1.29, 1.82) is 0 Å². The van der Waals surface area contributed by atoms with Gasteiger partial charge in [0.2, 0.25) is 5.91 Å². The van der Waals surface area contributed by atoms with Gasteiger partial charge in [0.1, 0.15) is 5.54 Å². The summed E-state index contributed by atoms with van der Waals surface area (Å²) in [5, 5.41) is 7.37. The van der Waals surface area contributed by atoms with Crippen LogP contribution in [0.25, 0.3) is 0 Å². The van der Waals surface area contributed by atoms with Crippen molar-refractivity contribution in [2.45, 2.75) is 32.2 Å². The van der Waals surface area contributed by atoms with Crippen molar-refractivity contribution in [3.8, 4) is 0 Å². The number of hydrogen-bond acceptors (Lipinski definition) is 3. The van der Waals surface area contributed by atoms with Crippen molar-refractivity contribution >= 4 is 17.8 Å². The highest BCUT2D eigenvalue weighted by molar-refractivity contribution is 6.06. The third kappa shape index (κ3) is 2.93. The van der Waals surface area contributed by atoms with Gasteiger partial charge in [0.05, 0.1) is 0 Å². The Balaban J connectivity index is 2.34. The Morgan fingerprint density at radius 2 is 2.13 bits per heavy atom. The van der Waals surface area contributed by atoms with Gasteiger partial charge in [0.25, 0.3) is 5.91 Å². The summed E-state index contributed by atoms with van der Waals surface area (Å²) in [6.45, 7) is 3.61. The second kappa shape index (κ2) is 4.29. The highest BCUT2D eigenvalue weighted by Gasteiger charge is 2.40. The van der Waals surface area contributed by atoms with E-state index in [2.05, 4.69) is 16.0 Å². The molecule has 0 aromatic rings. The molecule has 1 aliphatic heterocycles. The van der Waals surface area contributed by atoms with E-state index in [0.29, 0.717) is 19.4 Å². The number of imide groups is 1. The fourth-order valence-electron chi connectivity index (χ4n) is 1.46. The molecular formula is C9H15N3O3. The summed E-state index contributed by atoms with van der Waals surface area (Å²) >= 11 is 0. The van der Waals surface area contributed by atoms with Crippen molar-refractivity contribution in [1.82, 2.24) is 16.0 Å². The SMILES string of the molecule is CC(=O)NCCCC1(C)NC(=O)NC1=O. The molecule has 1 aliphatic rings. The first kappa shape index (κ1) is 11.5. The second-order valence-corrected chi connectivity index (χ2v) is 3.83. The van der Waals surface area contributed by atoms with Crippen molar-refractivity contribution in [2.75, 3.05) is 6.54 Å². The van der Waals surface area contributed by atoms with E-state index in [4.69, 9.17) is 0 Å². The Bertz CT molecular complexity index is 303. The molecule has 4 amide bonds. The summed E-state index contributed by atoms with van der Waals surface area (Å²) < 4.78 is 0. The number of rotatable bonds is 4. The molecule has 0 bridgehead atoms. The average molecular weight is 213 g/mol. The Hall–Kier alpha value is -1.59. The van der Waals surface area contributed by atoms with E-state index in [1.54, 1.807) is 6.92 Å². The zero-order chi connectivity index (χ0) is 11.5. The van der Waals surface area contributed by atoms with E-state index < -0.39 is 11.6 Å². The van der Waals surface area contributed by atoms with Gasteiger partial charge in [-0.3, -0.25) is 14.9 Å². The molecule has 84 valence electrons. The molecule has 1 atom stereocenters. The predicted octanol–water partition coefficient (Wildman–Crippen LogP) is -0.499. The molecule has 6 heteroatoms. The van der Waals surface area contributed by atoms with Crippen molar-refractivity contribution in [3.63, 3.8) is 0 Å². The van der Waals surface area contributed by atoms with Crippen LogP contribution in [0.5, 0.6) is 0 Å². The second-order valence-electron chi connectivity index (χ2n) is 3.83. The Morgan fingerprint density at radius 3 is 2.60 bits per heavy atom. The van der Waals surface area contributed by atoms with Gasteiger partial charge >= 0.3 is 6.03 Å². The number of hydrogen-bond donors (Lipinski definition) is 3. The first-order valence-electron chi connectivity index (χ1n) is 4.82. The Kier molecular flexibility index (Phi) is 3.28. The molecule has 0 aromatic heterocycles. The molecule has 0 spiro atoms. The predicted molar refractivity (Wildman–Crippen MR) is 53.0 cm³/mol. The summed E-state index contributed by atoms with van der Waals surface area (Å²) in [6, 6.07) is -0.456. The van der Waals surface area contributed by atoms with Crippen LogP contribution in [-0.4, -0.2) is 29.9 Å². The monoisotopic (exact) mass is 213 g/mol. The smallest absolute Gasteiger partial charge is 0.322 e. The number of urea groups is 1. The van der Waals surface area contributed by atoms with Gasteiger partial charge in [-0.05, 0) is 19.8 Å². The van der Waals surface area contributed by atoms with Crippen LogP contribution < -0.4 is 16.0 Å². The summed E-state index contributed by atoms with van der Waals surface area (Å²) in [7, 11) is 0. The molecule has 0 aliphatic carbocycles. The number of carbonyl (C=O) groups excluding carboxylic acids is 3. The van der Waals surface area contributed by atoms with Gasteiger partial charge in [-0.25, -0.2) is 4.79 Å². The van der Waals surface area contributed by atoms with Gasteiger partial charge in [-0.1, -0.05) is 0 Å². The normalized spacial score (nSPS) is 24.7. The van der Waals surface area contributed by atoms with Crippen molar-refractivity contribution in [2.24, 2.45) is 0 Å². The molecule has 3 N–H and O–H groups in total.